The first kappa shape index (κ1) is 16.3. The van der Waals surface area contributed by atoms with Gasteiger partial charge in [-0.05, 0) is 33.6 Å². The van der Waals surface area contributed by atoms with Gasteiger partial charge >= 0.3 is 11.8 Å². The Hall–Kier alpha value is -2.58. The molecule has 0 radical (unpaired) electrons. The fourth-order valence-electron chi connectivity index (χ4n) is 2.69. The van der Waals surface area contributed by atoms with E-state index in [1.807, 2.05) is 20.8 Å². The SMILES string of the molecule is Cn1c(-c2nc(C3CCCN3C(=O)OC(C)(C)C)no2)c[nH]c1=O. The molecule has 2 aromatic rings. The third-order valence-corrected chi connectivity index (χ3v) is 3.84. The van der Waals surface area contributed by atoms with E-state index >= 15 is 0 Å². The molecule has 130 valence electrons. The van der Waals surface area contributed by atoms with E-state index in [2.05, 4.69) is 15.1 Å². The summed E-state index contributed by atoms with van der Waals surface area (Å²) in [7, 11) is 1.61. The fourth-order valence-corrected chi connectivity index (χ4v) is 2.69. The van der Waals surface area contributed by atoms with Crippen molar-refractivity contribution in [2.45, 2.75) is 45.3 Å². The minimum absolute atomic E-state index is 0.238. The van der Waals surface area contributed by atoms with Crippen molar-refractivity contribution < 1.29 is 14.1 Å². The molecule has 24 heavy (non-hydrogen) atoms. The van der Waals surface area contributed by atoms with E-state index in [1.165, 1.54) is 10.8 Å². The first-order valence-electron chi connectivity index (χ1n) is 7.84. The summed E-state index contributed by atoms with van der Waals surface area (Å²) in [5, 5.41) is 3.99. The number of likely N-dealkylation sites (tertiary alicyclic amines) is 1. The van der Waals surface area contributed by atoms with Crippen LogP contribution in [0.5, 0.6) is 0 Å². The Kier molecular flexibility index (Phi) is 3.94. The Labute approximate surface area is 138 Å². The highest BCUT2D eigenvalue weighted by molar-refractivity contribution is 5.69. The molecule has 1 fully saturated rings. The molecule has 0 aliphatic carbocycles. The number of aromatic nitrogens is 4. The highest BCUT2D eigenvalue weighted by Crippen LogP contribution is 2.32. The molecule has 3 heterocycles. The lowest BCUT2D eigenvalue weighted by molar-refractivity contribution is 0.0217. The molecule has 2 aromatic heterocycles. The van der Waals surface area contributed by atoms with Gasteiger partial charge in [0, 0.05) is 19.8 Å². The zero-order valence-corrected chi connectivity index (χ0v) is 14.2. The van der Waals surface area contributed by atoms with Gasteiger partial charge in [-0.2, -0.15) is 4.98 Å². The van der Waals surface area contributed by atoms with Crippen LogP contribution in [0.25, 0.3) is 11.6 Å². The Bertz CT molecular complexity index is 797. The third-order valence-electron chi connectivity index (χ3n) is 3.84. The lowest BCUT2D eigenvalue weighted by atomic mass is 10.2. The van der Waals surface area contributed by atoms with Crippen LogP contribution in [-0.4, -0.2) is 42.8 Å². The molecule has 1 N–H and O–H groups in total. The number of aromatic amines is 1. The van der Waals surface area contributed by atoms with Gasteiger partial charge < -0.3 is 14.2 Å². The number of carbonyl (C=O) groups is 1. The van der Waals surface area contributed by atoms with Crippen LogP contribution in [0.3, 0.4) is 0 Å². The van der Waals surface area contributed by atoms with Crippen LogP contribution in [0.4, 0.5) is 4.79 Å². The number of H-pyrrole nitrogens is 1. The van der Waals surface area contributed by atoms with Crippen LogP contribution in [0, 0.1) is 0 Å². The third kappa shape index (κ3) is 3.06. The van der Waals surface area contributed by atoms with Crippen LogP contribution < -0.4 is 5.69 Å². The predicted molar refractivity (Wildman–Crippen MR) is 84.2 cm³/mol. The van der Waals surface area contributed by atoms with Crippen molar-refractivity contribution in [3.63, 3.8) is 0 Å². The largest absolute Gasteiger partial charge is 0.444 e. The summed E-state index contributed by atoms with van der Waals surface area (Å²) < 4.78 is 12.1. The van der Waals surface area contributed by atoms with Crippen molar-refractivity contribution in [2.24, 2.45) is 7.05 Å². The van der Waals surface area contributed by atoms with Crippen molar-refractivity contribution in [2.75, 3.05) is 6.54 Å². The van der Waals surface area contributed by atoms with Crippen molar-refractivity contribution in [3.8, 4) is 11.6 Å². The maximum absolute atomic E-state index is 12.3. The quantitative estimate of drug-likeness (QED) is 0.897. The highest BCUT2D eigenvalue weighted by Gasteiger charge is 2.36. The average Bonchev–Trinajstić information content (AvgIpc) is 3.18. The van der Waals surface area contributed by atoms with Crippen LogP contribution in [0.1, 0.15) is 45.5 Å². The molecule has 1 atom stereocenters. The molecule has 1 saturated heterocycles. The molecule has 1 amide bonds. The summed E-state index contributed by atoms with van der Waals surface area (Å²) >= 11 is 0. The molecule has 9 nitrogen and oxygen atoms in total. The molecule has 0 spiro atoms. The number of nitrogens with zero attached hydrogens (tertiary/aromatic N) is 4. The maximum Gasteiger partial charge on any atom is 0.410 e. The van der Waals surface area contributed by atoms with E-state index in [-0.39, 0.29) is 23.7 Å². The van der Waals surface area contributed by atoms with E-state index in [0.29, 0.717) is 18.1 Å². The second kappa shape index (κ2) is 5.81. The van der Waals surface area contributed by atoms with Crippen molar-refractivity contribution in [1.29, 1.82) is 0 Å². The topological polar surface area (TPSA) is 106 Å². The number of ether oxygens (including phenoxy) is 1. The summed E-state index contributed by atoms with van der Waals surface area (Å²) in [6.45, 7) is 6.07. The summed E-state index contributed by atoms with van der Waals surface area (Å²) in [5.74, 6) is 0.656. The highest BCUT2D eigenvalue weighted by atomic mass is 16.6. The average molecular weight is 335 g/mol. The second-order valence-electron chi connectivity index (χ2n) is 6.83. The van der Waals surface area contributed by atoms with E-state index < -0.39 is 5.60 Å². The molecular formula is C15H21N5O4. The minimum Gasteiger partial charge on any atom is -0.444 e. The smallest absolute Gasteiger partial charge is 0.410 e. The molecule has 0 saturated carbocycles. The van der Waals surface area contributed by atoms with Gasteiger partial charge in [-0.3, -0.25) is 9.47 Å². The van der Waals surface area contributed by atoms with Crippen LogP contribution in [-0.2, 0) is 11.8 Å². The number of hydrogen-bond acceptors (Lipinski definition) is 6. The molecule has 0 bridgehead atoms. The van der Waals surface area contributed by atoms with E-state index in [4.69, 9.17) is 9.26 Å². The Balaban J connectivity index is 1.82. The second-order valence-corrected chi connectivity index (χ2v) is 6.83. The van der Waals surface area contributed by atoms with Crippen LogP contribution in [0.2, 0.25) is 0 Å². The molecule has 1 unspecified atom stereocenters. The van der Waals surface area contributed by atoms with Gasteiger partial charge in [-0.25, -0.2) is 9.59 Å². The zero-order valence-electron chi connectivity index (χ0n) is 14.2. The monoisotopic (exact) mass is 335 g/mol. The molecular weight excluding hydrogens is 314 g/mol. The summed E-state index contributed by atoms with van der Waals surface area (Å²) in [5.41, 5.74) is -0.322. The number of amides is 1. The maximum atomic E-state index is 12.3. The van der Waals surface area contributed by atoms with Gasteiger partial charge in [0.2, 0.25) is 0 Å². The van der Waals surface area contributed by atoms with E-state index in [1.54, 1.807) is 11.9 Å². The van der Waals surface area contributed by atoms with Crippen molar-refractivity contribution in [3.05, 3.63) is 22.5 Å². The van der Waals surface area contributed by atoms with Gasteiger partial charge in [0.15, 0.2) is 5.82 Å². The van der Waals surface area contributed by atoms with Gasteiger partial charge in [0.25, 0.3) is 5.89 Å². The number of rotatable bonds is 2. The van der Waals surface area contributed by atoms with E-state index in [9.17, 15) is 9.59 Å². The van der Waals surface area contributed by atoms with E-state index in [0.717, 1.165) is 12.8 Å². The van der Waals surface area contributed by atoms with Gasteiger partial charge in [0.1, 0.15) is 11.3 Å². The van der Waals surface area contributed by atoms with Gasteiger partial charge in [-0.1, -0.05) is 5.16 Å². The molecule has 3 rings (SSSR count). The van der Waals surface area contributed by atoms with Gasteiger partial charge in [0.05, 0.1) is 6.04 Å². The fraction of sp³-hybridized carbons (Fsp3) is 0.600. The number of carbonyl (C=O) groups excluding carboxylic acids is 1. The minimum atomic E-state index is -0.559. The Morgan fingerprint density at radius 3 is 2.83 bits per heavy atom. The van der Waals surface area contributed by atoms with Crippen LogP contribution >= 0.6 is 0 Å². The van der Waals surface area contributed by atoms with Gasteiger partial charge in [-0.15, -0.1) is 0 Å². The molecule has 0 aromatic carbocycles. The molecule has 9 heteroatoms. The molecule has 1 aliphatic heterocycles. The zero-order chi connectivity index (χ0) is 17.5. The van der Waals surface area contributed by atoms with Crippen molar-refractivity contribution in [1.82, 2.24) is 24.6 Å². The predicted octanol–water partition coefficient (Wildman–Crippen LogP) is 1.84. The number of hydrogen-bond donors (Lipinski definition) is 1. The summed E-state index contributed by atoms with van der Waals surface area (Å²) in [6, 6.07) is -0.284. The lowest BCUT2D eigenvalue weighted by Crippen LogP contribution is -2.36. The lowest BCUT2D eigenvalue weighted by Gasteiger charge is -2.27. The number of imidazole rings is 1. The summed E-state index contributed by atoms with van der Waals surface area (Å²) in [6.07, 6.45) is 2.71. The number of nitrogens with one attached hydrogen (secondary N) is 1. The standard InChI is InChI=1S/C15H21N5O4/c1-15(2,3)23-14(22)20-7-5-6-9(20)11-17-12(24-18-11)10-8-16-13(21)19(10)4/h8-9H,5-7H2,1-4H3,(H,16,21). The Morgan fingerprint density at radius 1 is 1.46 bits per heavy atom. The van der Waals surface area contributed by atoms with Crippen molar-refractivity contribution >= 4 is 6.09 Å². The molecule has 1 aliphatic rings. The summed E-state index contributed by atoms with van der Waals surface area (Å²) in [4.78, 5) is 32.4. The van der Waals surface area contributed by atoms with Crippen LogP contribution in [0.15, 0.2) is 15.5 Å². The normalized spacial score (nSPS) is 18.2. The first-order chi connectivity index (χ1) is 11.3. The first-order valence-corrected chi connectivity index (χ1v) is 7.84. The Morgan fingerprint density at radius 2 is 2.21 bits per heavy atom.